The lowest BCUT2D eigenvalue weighted by molar-refractivity contribution is 0.399. The molecule has 0 bridgehead atoms. The molecule has 0 aliphatic rings. The maximum absolute atomic E-state index is 7.00. The number of hydrogen-bond donors (Lipinski definition) is 1. The van der Waals surface area contributed by atoms with Gasteiger partial charge in [-0.05, 0) is 44.7 Å². The molecule has 1 N–H and O–H groups in total. The van der Waals surface area contributed by atoms with Gasteiger partial charge in [0.1, 0.15) is 0 Å². The number of thioether (sulfide) groups is 1. The number of aromatic nitrogens is 2. The van der Waals surface area contributed by atoms with Crippen molar-refractivity contribution in [2.75, 3.05) is 7.11 Å². The maximum atomic E-state index is 7.00. The van der Waals surface area contributed by atoms with E-state index in [0.29, 0.717) is 0 Å². The second-order valence-corrected chi connectivity index (χ2v) is 8.00. The normalized spacial score (nSPS) is 11.1. The summed E-state index contributed by atoms with van der Waals surface area (Å²) in [6.45, 7) is 12.5. The summed E-state index contributed by atoms with van der Waals surface area (Å²) in [5.74, 6) is 0. The summed E-state index contributed by atoms with van der Waals surface area (Å²) in [6.07, 6.45) is 3.91. The zero-order valence-corrected chi connectivity index (χ0v) is 16.4. The lowest BCUT2D eigenvalue weighted by Crippen LogP contribution is -2.12. The minimum Gasteiger partial charge on any atom is -0.400 e. The first-order valence-corrected chi connectivity index (χ1v) is 9.05. The van der Waals surface area contributed by atoms with Crippen LogP contribution in [0.5, 0.6) is 0 Å². The predicted molar refractivity (Wildman–Crippen MR) is 109 cm³/mol. The summed E-state index contributed by atoms with van der Waals surface area (Å²) in [4.78, 5) is 4.63. The van der Waals surface area contributed by atoms with Crippen molar-refractivity contribution in [1.82, 2.24) is 9.55 Å². The Morgan fingerprint density at radius 3 is 2.36 bits per heavy atom. The third kappa shape index (κ3) is 3.97. The molecule has 132 valence electrons. The average Bonchev–Trinajstić information content (AvgIpc) is 2.97. The smallest absolute Gasteiger partial charge is 0.173 e. The highest BCUT2D eigenvalue weighted by Crippen LogP contribution is 2.36. The number of hydrogen-bond acceptors (Lipinski definition) is 3. The van der Waals surface area contributed by atoms with Gasteiger partial charge >= 0.3 is 0 Å². The highest BCUT2D eigenvalue weighted by atomic mass is 32.2. The van der Waals surface area contributed by atoms with Crippen LogP contribution >= 0.6 is 11.8 Å². The first-order valence-electron chi connectivity index (χ1n) is 8.23. The molecule has 25 heavy (non-hydrogen) atoms. The minimum absolute atomic E-state index is 0.0595. The molecule has 0 atom stereocenters. The van der Waals surface area contributed by atoms with Crippen LogP contribution < -0.4 is 0 Å². The van der Waals surface area contributed by atoms with Crippen molar-refractivity contribution in [2.24, 2.45) is 0 Å². The van der Waals surface area contributed by atoms with Crippen LogP contribution in [0.25, 0.3) is 16.5 Å². The third-order valence-corrected chi connectivity index (χ3v) is 5.28. The first-order chi connectivity index (χ1) is 11.9. The van der Waals surface area contributed by atoms with Gasteiger partial charge in [-0.25, -0.2) is 4.98 Å². The number of aryl methyl sites for hydroxylation is 2. The second-order valence-electron chi connectivity index (χ2n) is 6.37. The molecular weight excluding hydrogens is 328 g/mol. The van der Waals surface area contributed by atoms with Gasteiger partial charge in [-0.2, -0.15) is 0 Å². The van der Waals surface area contributed by atoms with Gasteiger partial charge < -0.3 is 5.11 Å². The number of imidazole rings is 1. The highest BCUT2D eigenvalue weighted by molar-refractivity contribution is 8.00. The number of benzene rings is 2. The molecule has 0 spiro atoms. The molecule has 1 aromatic heterocycles. The van der Waals surface area contributed by atoms with Gasteiger partial charge in [0.25, 0.3) is 0 Å². The zero-order chi connectivity index (χ0) is 18.6. The van der Waals surface area contributed by atoms with Crippen molar-refractivity contribution >= 4 is 22.5 Å². The van der Waals surface area contributed by atoms with Crippen LogP contribution in [0.15, 0.2) is 60.4 Å². The number of aliphatic hydroxyl groups excluding tert-OH is 1. The van der Waals surface area contributed by atoms with E-state index in [1.807, 2.05) is 12.3 Å². The Balaban J connectivity index is 0.00000109. The molecule has 0 aliphatic carbocycles. The SMILES string of the molecule is C=CC(C)(C)Sc1ncc(C)n1-c1ccc(C)c2ccccc12.CO. The molecule has 4 heteroatoms. The monoisotopic (exact) mass is 354 g/mol. The fraction of sp³-hybridized carbons (Fsp3) is 0.286. The summed E-state index contributed by atoms with van der Waals surface area (Å²) >= 11 is 1.73. The van der Waals surface area contributed by atoms with Crippen LogP contribution in [0.4, 0.5) is 0 Å². The molecule has 2 aromatic carbocycles. The van der Waals surface area contributed by atoms with E-state index in [-0.39, 0.29) is 4.75 Å². The standard InChI is InChI=1S/C20H22N2S.CH4O/c1-6-20(4,5)23-19-21-13-15(3)22(19)18-12-11-14(2)16-9-7-8-10-17(16)18;1-2/h6-13H,1H2,2-5H3;2H,1H3. The van der Waals surface area contributed by atoms with Gasteiger partial charge in [0.05, 0.1) is 5.69 Å². The Kier molecular flexibility index (Phi) is 6.09. The quantitative estimate of drug-likeness (QED) is 0.510. The Morgan fingerprint density at radius 2 is 1.72 bits per heavy atom. The molecule has 0 saturated heterocycles. The van der Waals surface area contributed by atoms with Crippen LogP contribution in [-0.4, -0.2) is 26.5 Å². The van der Waals surface area contributed by atoms with Crippen molar-refractivity contribution in [2.45, 2.75) is 37.6 Å². The lowest BCUT2D eigenvalue weighted by Gasteiger charge is -2.20. The van der Waals surface area contributed by atoms with Crippen molar-refractivity contribution in [1.29, 1.82) is 0 Å². The lowest BCUT2D eigenvalue weighted by atomic mass is 10.0. The number of rotatable bonds is 4. The third-order valence-electron chi connectivity index (χ3n) is 4.11. The fourth-order valence-electron chi connectivity index (χ4n) is 2.69. The van der Waals surface area contributed by atoms with Crippen molar-refractivity contribution in [3.05, 3.63) is 66.5 Å². The molecule has 0 amide bonds. The van der Waals surface area contributed by atoms with Gasteiger partial charge in [0.2, 0.25) is 0 Å². The second kappa shape index (κ2) is 7.89. The van der Waals surface area contributed by atoms with E-state index in [2.05, 4.69) is 80.2 Å². The van der Waals surface area contributed by atoms with Gasteiger partial charge in [0.15, 0.2) is 5.16 Å². The zero-order valence-electron chi connectivity index (χ0n) is 15.6. The molecule has 3 nitrogen and oxygen atoms in total. The van der Waals surface area contributed by atoms with Gasteiger partial charge in [-0.15, -0.1) is 6.58 Å². The Morgan fingerprint density at radius 1 is 1.08 bits per heavy atom. The Bertz CT molecular complexity index is 881. The summed E-state index contributed by atoms with van der Waals surface area (Å²) in [7, 11) is 1.00. The van der Waals surface area contributed by atoms with Crippen molar-refractivity contribution in [3.63, 3.8) is 0 Å². The summed E-state index contributed by atoms with van der Waals surface area (Å²) in [5, 5.41) is 10.5. The first kappa shape index (κ1) is 19.3. The summed E-state index contributed by atoms with van der Waals surface area (Å²) in [5.41, 5.74) is 3.62. The average molecular weight is 355 g/mol. The topological polar surface area (TPSA) is 38.0 Å². The minimum atomic E-state index is -0.0595. The van der Waals surface area contributed by atoms with E-state index in [4.69, 9.17) is 5.11 Å². The molecule has 0 saturated carbocycles. The molecule has 0 radical (unpaired) electrons. The van der Waals surface area contributed by atoms with E-state index < -0.39 is 0 Å². The molecule has 3 aromatic rings. The fourth-order valence-corrected chi connectivity index (χ4v) is 3.68. The Hall–Kier alpha value is -2.04. The maximum Gasteiger partial charge on any atom is 0.173 e. The number of aliphatic hydroxyl groups is 1. The van der Waals surface area contributed by atoms with E-state index in [1.54, 1.807) is 11.8 Å². The van der Waals surface area contributed by atoms with E-state index in [9.17, 15) is 0 Å². The van der Waals surface area contributed by atoms with Crippen LogP contribution in [0.2, 0.25) is 0 Å². The molecule has 0 unspecified atom stereocenters. The highest BCUT2D eigenvalue weighted by Gasteiger charge is 2.20. The van der Waals surface area contributed by atoms with E-state index in [1.165, 1.54) is 22.0 Å². The largest absolute Gasteiger partial charge is 0.400 e. The van der Waals surface area contributed by atoms with Gasteiger partial charge in [-0.1, -0.05) is 48.2 Å². The van der Waals surface area contributed by atoms with Crippen molar-refractivity contribution in [3.8, 4) is 5.69 Å². The van der Waals surface area contributed by atoms with Crippen LogP contribution in [-0.2, 0) is 0 Å². The number of nitrogens with zero attached hydrogens (tertiary/aromatic N) is 2. The summed E-state index contributed by atoms with van der Waals surface area (Å²) < 4.78 is 2.19. The van der Waals surface area contributed by atoms with Gasteiger partial charge in [0, 0.05) is 29.1 Å². The summed E-state index contributed by atoms with van der Waals surface area (Å²) in [6, 6.07) is 12.9. The Labute approximate surface area is 154 Å². The number of fused-ring (bicyclic) bond motifs is 1. The molecule has 1 heterocycles. The molecule has 0 aliphatic heterocycles. The van der Waals surface area contributed by atoms with Crippen LogP contribution in [0.1, 0.15) is 25.1 Å². The molecule has 3 rings (SSSR count). The molecular formula is C21H26N2OS. The predicted octanol–water partition coefficient (Wildman–Crippen LogP) is 5.31. The van der Waals surface area contributed by atoms with Gasteiger partial charge in [-0.3, -0.25) is 4.57 Å². The van der Waals surface area contributed by atoms with Crippen LogP contribution in [0.3, 0.4) is 0 Å². The van der Waals surface area contributed by atoms with Crippen molar-refractivity contribution < 1.29 is 5.11 Å². The van der Waals surface area contributed by atoms with Crippen LogP contribution in [0, 0.1) is 13.8 Å². The van der Waals surface area contributed by atoms with E-state index in [0.717, 1.165) is 18.0 Å². The molecule has 0 fully saturated rings. The van der Waals surface area contributed by atoms with E-state index >= 15 is 0 Å².